The highest BCUT2D eigenvalue weighted by atomic mass is 16.5. The molecular formula is C30H28N2O4. The summed E-state index contributed by atoms with van der Waals surface area (Å²) in [6, 6.07) is 31.0. The van der Waals surface area contributed by atoms with Gasteiger partial charge in [-0.05, 0) is 72.8 Å². The largest absolute Gasteiger partial charge is 0.497 e. The maximum atomic E-state index is 13.4. The van der Waals surface area contributed by atoms with Gasteiger partial charge in [-0.25, -0.2) is 0 Å². The number of hydrogen-bond donors (Lipinski definition) is 1. The Balaban J connectivity index is 1.51. The molecule has 182 valence electrons. The fourth-order valence-corrected chi connectivity index (χ4v) is 3.88. The molecule has 0 aliphatic carbocycles. The lowest BCUT2D eigenvalue weighted by molar-refractivity contribution is 0.0986. The number of carbonyl (C=O) groups is 2. The molecule has 6 nitrogen and oxygen atoms in total. The average Bonchev–Trinajstić information content (AvgIpc) is 2.95. The van der Waals surface area contributed by atoms with Crippen LogP contribution in [0.3, 0.4) is 0 Å². The number of nitrogens with one attached hydrogen (secondary N) is 1. The lowest BCUT2D eigenvalue weighted by atomic mass is 10.0. The summed E-state index contributed by atoms with van der Waals surface area (Å²) >= 11 is 0. The zero-order valence-electron chi connectivity index (χ0n) is 20.3. The molecule has 0 heterocycles. The van der Waals surface area contributed by atoms with Gasteiger partial charge in [-0.1, -0.05) is 30.3 Å². The van der Waals surface area contributed by atoms with E-state index in [0.717, 1.165) is 5.69 Å². The second-order valence-electron chi connectivity index (χ2n) is 8.05. The zero-order valence-corrected chi connectivity index (χ0v) is 20.3. The summed E-state index contributed by atoms with van der Waals surface area (Å²) in [7, 11) is 3.18. The van der Waals surface area contributed by atoms with Gasteiger partial charge in [-0.3, -0.25) is 9.59 Å². The summed E-state index contributed by atoms with van der Waals surface area (Å²) in [5, 5.41) is 3.35. The number of amides is 1. The second-order valence-corrected chi connectivity index (χ2v) is 8.05. The Hall–Kier alpha value is -4.58. The molecule has 0 radical (unpaired) electrons. The zero-order chi connectivity index (χ0) is 25.3. The van der Waals surface area contributed by atoms with Gasteiger partial charge in [0.05, 0.1) is 14.2 Å². The Kier molecular flexibility index (Phi) is 7.98. The summed E-state index contributed by atoms with van der Waals surface area (Å²) in [4.78, 5) is 28.3. The Morgan fingerprint density at radius 1 is 0.694 bits per heavy atom. The topological polar surface area (TPSA) is 67.9 Å². The minimum atomic E-state index is -0.117. The molecule has 0 saturated carbocycles. The van der Waals surface area contributed by atoms with E-state index in [1.54, 1.807) is 73.7 Å². The van der Waals surface area contributed by atoms with Crippen LogP contribution in [-0.2, 0) is 0 Å². The van der Waals surface area contributed by atoms with Crippen molar-refractivity contribution in [1.82, 2.24) is 0 Å². The second kappa shape index (κ2) is 11.7. The molecule has 4 aromatic rings. The number of benzene rings is 4. The van der Waals surface area contributed by atoms with Gasteiger partial charge in [0.25, 0.3) is 5.91 Å². The van der Waals surface area contributed by atoms with Crippen molar-refractivity contribution in [2.45, 2.75) is 0 Å². The Labute approximate surface area is 211 Å². The highest BCUT2D eigenvalue weighted by Crippen LogP contribution is 2.22. The third kappa shape index (κ3) is 5.73. The molecule has 0 saturated heterocycles. The van der Waals surface area contributed by atoms with Crippen LogP contribution in [-0.4, -0.2) is 39.0 Å². The van der Waals surface area contributed by atoms with E-state index in [9.17, 15) is 9.59 Å². The molecule has 36 heavy (non-hydrogen) atoms. The summed E-state index contributed by atoms with van der Waals surface area (Å²) in [6.45, 7) is 0.851. The van der Waals surface area contributed by atoms with Gasteiger partial charge in [0.15, 0.2) is 5.78 Å². The molecule has 0 aromatic heterocycles. The third-order valence-electron chi connectivity index (χ3n) is 5.82. The molecule has 1 amide bonds. The van der Waals surface area contributed by atoms with Gasteiger partial charge in [0, 0.05) is 41.2 Å². The van der Waals surface area contributed by atoms with Crippen LogP contribution in [0.5, 0.6) is 11.5 Å². The molecule has 4 rings (SSSR count). The SMILES string of the molecule is COc1ccc(C(=O)c2ccccc2NCCN(C(=O)c2ccc(OC)cc2)c2ccccc2)cc1. The third-order valence-corrected chi connectivity index (χ3v) is 5.82. The molecule has 4 aromatic carbocycles. The fourth-order valence-electron chi connectivity index (χ4n) is 3.88. The van der Waals surface area contributed by atoms with Crippen molar-refractivity contribution >= 4 is 23.1 Å². The molecule has 0 unspecified atom stereocenters. The van der Waals surface area contributed by atoms with E-state index in [0.29, 0.717) is 47.0 Å². The van der Waals surface area contributed by atoms with Crippen molar-refractivity contribution in [2.24, 2.45) is 0 Å². The van der Waals surface area contributed by atoms with Crippen LogP contribution >= 0.6 is 0 Å². The summed E-state index contributed by atoms with van der Waals surface area (Å²) in [5.74, 6) is 1.18. The summed E-state index contributed by atoms with van der Waals surface area (Å²) in [5.41, 5.74) is 3.21. The highest BCUT2D eigenvalue weighted by Gasteiger charge is 2.18. The smallest absolute Gasteiger partial charge is 0.258 e. The normalized spacial score (nSPS) is 10.4. The molecule has 6 heteroatoms. The van der Waals surface area contributed by atoms with Crippen LogP contribution in [0.15, 0.2) is 103 Å². The maximum Gasteiger partial charge on any atom is 0.258 e. The maximum absolute atomic E-state index is 13.4. The number of anilines is 2. The van der Waals surface area contributed by atoms with E-state index >= 15 is 0 Å². The van der Waals surface area contributed by atoms with Crippen molar-refractivity contribution in [3.05, 3.63) is 120 Å². The number of para-hydroxylation sites is 2. The minimum absolute atomic E-state index is 0.0880. The number of ether oxygens (including phenoxy) is 2. The predicted molar refractivity (Wildman–Crippen MR) is 142 cm³/mol. The highest BCUT2D eigenvalue weighted by molar-refractivity contribution is 6.12. The van der Waals surface area contributed by atoms with Crippen molar-refractivity contribution in [3.8, 4) is 11.5 Å². The number of rotatable bonds is 10. The number of carbonyl (C=O) groups excluding carboxylic acids is 2. The quantitative estimate of drug-likeness (QED) is 0.295. The Bertz CT molecular complexity index is 1300. The minimum Gasteiger partial charge on any atom is -0.497 e. The molecule has 1 N–H and O–H groups in total. The average molecular weight is 481 g/mol. The number of nitrogens with zero attached hydrogens (tertiary/aromatic N) is 1. The van der Waals surface area contributed by atoms with E-state index in [1.165, 1.54) is 0 Å². The molecule has 0 bridgehead atoms. The van der Waals surface area contributed by atoms with Crippen LogP contribution in [0.4, 0.5) is 11.4 Å². The van der Waals surface area contributed by atoms with Gasteiger partial charge in [-0.15, -0.1) is 0 Å². The van der Waals surface area contributed by atoms with Crippen molar-refractivity contribution in [1.29, 1.82) is 0 Å². The molecule has 0 spiro atoms. The van der Waals surface area contributed by atoms with Gasteiger partial charge in [-0.2, -0.15) is 0 Å². The van der Waals surface area contributed by atoms with Crippen LogP contribution in [0.25, 0.3) is 0 Å². The number of ketones is 1. The Morgan fingerprint density at radius 2 is 1.25 bits per heavy atom. The summed E-state index contributed by atoms with van der Waals surface area (Å²) < 4.78 is 10.4. The van der Waals surface area contributed by atoms with Crippen LogP contribution in [0.2, 0.25) is 0 Å². The molecule has 0 atom stereocenters. The first kappa shape index (κ1) is 24.5. The molecule has 0 aliphatic heterocycles. The van der Waals surface area contributed by atoms with Gasteiger partial charge >= 0.3 is 0 Å². The lowest BCUT2D eigenvalue weighted by Gasteiger charge is -2.24. The number of hydrogen-bond acceptors (Lipinski definition) is 5. The van der Waals surface area contributed by atoms with E-state index in [-0.39, 0.29) is 11.7 Å². The fraction of sp³-hybridized carbons (Fsp3) is 0.133. The van der Waals surface area contributed by atoms with Gasteiger partial charge < -0.3 is 19.7 Å². The molecule has 0 fully saturated rings. The first-order chi connectivity index (χ1) is 17.6. The van der Waals surface area contributed by atoms with Crippen LogP contribution in [0.1, 0.15) is 26.3 Å². The summed E-state index contributed by atoms with van der Waals surface area (Å²) in [6.07, 6.45) is 0. The van der Waals surface area contributed by atoms with Crippen molar-refractivity contribution in [2.75, 3.05) is 37.5 Å². The Morgan fingerprint density at radius 3 is 1.86 bits per heavy atom. The standard InChI is InChI=1S/C30H28N2O4/c1-35-25-16-12-22(13-17-25)29(33)27-10-6-7-11-28(27)31-20-21-32(24-8-4-3-5-9-24)30(34)23-14-18-26(36-2)19-15-23/h3-19,31H,20-21H2,1-2H3. The first-order valence-electron chi connectivity index (χ1n) is 11.6. The van der Waals surface area contributed by atoms with E-state index < -0.39 is 0 Å². The molecule has 0 aliphatic rings. The van der Waals surface area contributed by atoms with E-state index in [4.69, 9.17) is 9.47 Å². The first-order valence-corrected chi connectivity index (χ1v) is 11.6. The lowest BCUT2D eigenvalue weighted by Crippen LogP contribution is -2.35. The predicted octanol–water partition coefficient (Wildman–Crippen LogP) is 5.69. The van der Waals surface area contributed by atoms with E-state index in [2.05, 4.69) is 5.32 Å². The van der Waals surface area contributed by atoms with Crippen molar-refractivity contribution < 1.29 is 19.1 Å². The number of methoxy groups -OCH3 is 2. The van der Waals surface area contributed by atoms with Gasteiger partial charge in [0.1, 0.15) is 11.5 Å². The monoisotopic (exact) mass is 480 g/mol. The molecular weight excluding hydrogens is 452 g/mol. The van der Waals surface area contributed by atoms with Crippen LogP contribution < -0.4 is 19.7 Å². The van der Waals surface area contributed by atoms with E-state index in [1.807, 2.05) is 48.5 Å². The van der Waals surface area contributed by atoms with Crippen LogP contribution in [0, 0.1) is 0 Å². The van der Waals surface area contributed by atoms with Crippen molar-refractivity contribution in [3.63, 3.8) is 0 Å². The van der Waals surface area contributed by atoms with Gasteiger partial charge in [0.2, 0.25) is 0 Å².